The molecule has 1 saturated heterocycles. The number of aryl methyl sites for hydroxylation is 1. The van der Waals surface area contributed by atoms with Crippen molar-refractivity contribution >= 4 is 17.6 Å². The van der Waals surface area contributed by atoms with Crippen LogP contribution in [0.1, 0.15) is 78.4 Å². The van der Waals surface area contributed by atoms with Crippen LogP contribution in [0.2, 0.25) is 0 Å². The highest BCUT2D eigenvalue weighted by molar-refractivity contribution is 5.95. The number of aromatic nitrogens is 4. The van der Waals surface area contributed by atoms with E-state index in [9.17, 15) is 9.59 Å². The van der Waals surface area contributed by atoms with E-state index in [4.69, 9.17) is 9.97 Å². The molecule has 5 rings (SSSR count). The van der Waals surface area contributed by atoms with E-state index in [-0.39, 0.29) is 17.7 Å². The second kappa shape index (κ2) is 8.40. The van der Waals surface area contributed by atoms with E-state index in [1.54, 1.807) is 12.3 Å². The molecule has 0 bridgehead atoms. The van der Waals surface area contributed by atoms with Crippen LogP contribution >= 0.6 is 0 Å². The highest BCUT2D eigenvalue weighted by Gasteiger charge is 2.34. The summed E-state index contributed by atoms with van der Waals surface area (Å²) in [7, 11) is 0. The zero-order chi connectivity index (χ0) is 21.4. The highest BCUT2D eigenvalue weighted by Crippen LogP contribution is 2.34. The van der Waals surface area contributed by atoms with Crippen LogP contribution < -0.4 is 4.90 Å². The van der Waals surface area contributed by atoms with E-state index in [0.29, 0.717) is 31.1 Å². The third-order valence-corrected chi connectivity index (χ3v) is 7.09. The molecule has 8 heteroatoms. The van der Waals surface area contributed by atoms with Crippen molar-refractivity contribution in [2.45, 2.75) is 64.2 Å². The summed E-state index contributed by atoms with van der Waals surface area (Å²) in [5.74, 6) is 2.39. The van der Waals surface area contributed by atoms with E-state index in [0.717, 1.165) is 42.3 Å². The van der Waals surface area contributed by atoms with Crippen molar-refractivity contribution in [3.8, 4) is 0 Å². The Labute approximate surface area is 182 Å². The number of nitrogens with one attached hydrogen (secondary N) is 1. The van der Waals surface area contributed by atoms with E-state index < -0.39 is 0 Å². The van der Waals surface area contributed by atoms with Gasteiger partial charge in [-0.05, 0) is 44.6 Å². The molecule has 2 aromatic heterocycles. The first-order chi connectivity index (χ1) is 15.1. The van der Waals surface area contributed by atoms with Crippen molar-refractivity contribution in [1.29, 1.82) is 0 Å². The van der Waals surface area contributed by atoms with Crippen LogP contribution in [0.25, 0.3) is 0 Å². The third kappa shape index (κ3) is 3.95. The van der Waals surface area contributed by atoms with Gasteiger partial charge in [-0.15, -0.1) is 0 Å². The second-order valence-corrected chi connectivity index (χ2v) is 9.18. The Morgan fingerprint density at radius 1 is 1.16 bits per heavy atom. The monoisotopic (exact) mass is 422 g/mol. The fourth-order valence-electron chi connectivity index (χ4n) is 5.30. The summed E-state index contributed by atoms with van der Waals surface area (Å²) in [4.78, 5) is 39.1. The number of amides is 2. The van der Waals surface area contributed by atoms with Crippen LogP contribution in [0, 0.1) is 12.8 Å². The number of likely N-dealkylation sites (tertiary alicyclic amines) is 1. The first-order valence-electron chi connectivity index (χ1n) is 11.6. The summed E-state index contributed by atoms with van der Waals surface area (Å²) >= 11 is 0. The molecule has 0 unspecified atom stereocenters. The number of aromatic amines is 1. The van der Waals surface area contributed by atoms with Gasteiger partial charge in [-0.25, -0.2) is 9.97 Å². The minimum absolute atomic E-state index is 0.0382. The summed E-state index contributed by atoms with van der Waals surface area (Å²) in [5, 5.41) is 6.63. The zero-order valence-electron chi connectivity index (χ0n) is 18.1. The average molecular weight is 423 g/mol. The predicted octanol–water partition coefficient (Wildman–Crippen LogP) is 3.00. The molecule has 31 heavy (non-hydrogen) atoms. The fraction of sp³-hybridized carbons (Fsp3) is 0.609. The largest absolute Gasteiger partial charge is 0.337 e. The van der Waals surface area contributed by atoms with Gasteiger partial charge in [-0.1, -0.05) is 19.3 Å². The minimum atomic E-state index is -0.0382. The Hall–Kier alpha value is -2.77. The molecular weight excluding hydrogens is 392 g/mol. The Balaban J connectivity index is 1.38. The average Bonchev–Trinajstić information content (AvgIpc) is 3.48. The van der Waals surface area contributed by atoms with E-state index in [1.165, 1.54) is 32.1 Å². The van der Waals surface area contributed by atoms with Crippen LogP contribution in [0.5, 0.6) is 0 Å². The summed E-state index contributed by atoms with van der Waals surface area (Å²) < 4.78 is 0. The molecule has 1 saturated carbocycles. The van der Waals surface area contributed by atoms with Gasteiger partial charge in [0, 0.05) is 49.4 Å². The Bertz CT molecular complexity index is 967. The molecule has 2 amide bonds. The van der Waals surface area contributed by atoms with Crippen molar-refractivity contribution in [1.82, 2.24) is 25.1 Å². The lowest BCUT2D eigenvalue weighted by Crippen LogP contribution is -2.40. The van der Waals surface area contributed by atoms with Gasteiger partial charge in [0.15, 0.2) is 0 Å². The summed E-state index contributed by atoms with van der Waals surface area (Å²) in [6.07, 6.45) is 9.90. The first-order valence-corrected chi connectivity index (χ1v) is 11.6. The van der Waals surface area contributed by atoms with Gasteiger partial charge in [0.1, 0.15) is 17.3 Å². The highest BCUT2D eigenvalue weighted by atomic mass is 16.2. The van der Waals surface area contributed by atoms with Crippen LogP contribution in [0.4, 0.5) is 5.82 Å². The molecule has 2 fully saturated rings. The summed E-state index contributed by atoms with van der Waals surface area (Å²) in [6, 6.07) is 1.70. The van der Waals surface area contributed by atoms with Gasteiger partial charge in [-0.3, -0.25) is 19.6 Å². The van der Waals surface area contributed by atoms with Gasteiger partial charge in [0.05, 0.1) is 0 Å². The van der Waals surface area contributed by atoms with Crippen molar-refractivity contribution in [2.24, 2.45) is 5.92 Å². The standard InChI is InChI=1S/C23H30N6O2/c1-15-18-7-8-20(30)29(13-16-5-3-2-4-6-16)22(18)26-21(25-15)17-10-12-28(14-17)23(31)19-9-11-24-27-19/h9,11,16-17H,2-8,10,12-14H2,1H3,(H,24,27)/t17-/m0/s1. The molecule has 1 atom stereocenters. The third-order valence-electron chi connectivity index (χ3n) is 7.09. The smallest absolute Gasteiger partial charge is 0.271 e. The molecular formula is C23H30N6O2. The van der Waals surface area contributed by atoms with Crippen LogP contribution in [-0.2, 0) is 11.2 Å². The molecule has 0 aromatic carbocycles. The van der Waals surface area contributed by atoms with Crippen molar-refractivity contribution in [2.75, 3.05) is 24.5 Å². The lowest BCUT2D eigenvalue weighted by Gasteiger charge is -2.33. The predicted molar refractivity (Wildman–Crippen MR) is 116 cm³/mol. The molecule has 2 aliphatic heterocycles. The maximum absolute atomic E-state index is 12.9. The Morgan fingerprint density at radius 2 is 2.00 bits per heavy atom. The normalized spacial score (nSPS) is 22.1. The van der Waals surface area contributed by atoms with Gasteiger partial charge in [-0.2, -0.15) is 5.10 Å². The van der Waals surface area contributed by atoms with Gasteiger partial charge in [0.2, 0.25) is 5.91 Å². The lowest BCUT2D eigenvalue weighted by atomic mass is 9.88. The molecule has 164 valence electrons. The number of rotatable bonds is 4. The van der Waals surface area contributed by atoms with E-state index in [1.807, 2.05) is 16.7 Å². The molecule has 3 aliphatic rings. The van der Waals surface area contributed by atoms with Crippen molar-refractivity contribution in [3.63, 3.8) is 0 Å². The molecule has 4 heterocycles. The second-order valence-electron chi connectivity index (χ2n) is 9.18. The number of anilines is 1. The summed E-state index contributed by atoms with van der Waals surface area (Å²) in [6.45, 7) is 4.07. The minimum Gasteiger partial charge on any atom is -0.337 e. The van der Waals surface area contributed by atoms with Gasteiger partial charge in [0.25, 0.3) is 5.91 Å². The summed E-state index contributed by atoms with van der Waals surface area (Å²) in [5.41, 5.74) is 2.59. The van der Waals surface area contributed by atoms with Crippen LogP contribution in [0.15, 0.2) is 12.3 Å². The van der Waals surface area contributed by atoms with Gasteiger partial charge >= 0.3 is 0 Å². The topological polar surface area (TPSA) is 95.1 Å². The lowest BCUT2D eigenvalue weighted by molar-refractivity contribution is -0.119. The van der Waals surface area contributed by atoms with Crippen LogP contribution in [0.3, 0.4) is 0 Å². The molecule has 0 radical (unpaired) electrons. The molecule has 1 N–H and O–H groups in total. The maximum atomic E-state index is 12.9. The van der Waals surface area contributed by atoms with Crippen molar-refractivity contribution in [3.05, 3.63) is 35.0 Å². The van der Waals surface area contributed by atoms with Crippen LogP contribution in [-0.4, -0.2) is 56.5 Å². The maximum Gasteiger partial charge on any atom is 0.271 e. The fourth-order valence-corrected chi connectivity index (χ4v) is 5.30. The van der Waals surface area contributed by atoms with E-state index >= 15 is 0 Å². The van der Waals surface area contributed by atoms with E-state index in [2.05, 4.69) is 10.2 Å². The number of H-pyrrole nitrogens is 1. The van der Waals surface area contributed by atoms with Crippen molar-refractivity contribution < 1.29 is 9.59 Å². The molecule has 8 nitrogen and oxygen atoms in total. The number of carbonyl (C=O) groups excluding carboxylic acids is 2. The SMILES string of the molecule is Cc1nc([C@H]2CCN(C(=O)c3ccn[nH]3)C2)nc2c1CCC(=O)N2CC1CCCCC1. The number of hydrogen-bond donors (Lipinski definition) is 1. The number of carbonyl (C=O) groups is 2. The first kappa shape index (κ1) is 20.2. The zero-order valence-corrected chi connectivity index (χ0v) is 18.1. The molecule has 1 aliphatic carbocycles. The quantitative estimate of drug-likeness (QED) is 0.817. The molecule has 0 spiro atoms. The number of fused-ring (bicyclic) bond motifs is 1. The molecule has 2 aromatic rings. The number of nitrogens with zero attached hydrogens (tertiary/aromatic N) is 5. The van der Waals surface area contributed by atoms with Gasteiger partial charge < -0.3 is 4.90 Å². The number of hydrogen-bond acceptors (Lipinski definition) is 5. The Kier molecular flexibility index (Phi) is 5.46. The Morgan fingerprint density at radius 3 is 2.77 bits per heavy atom.